The smallest absolute Gasteiger partial charge is 0.263 e. The van der Waals surface area contributed by atoms with E-state index in [-0.39, 0.29) is 4.90 Å². The van der Waals surface area contributed by atoms with Gasteiger partial charge in [0.25, 0.3) is 10.0 Å². The first-order chi connectivity index (χ1) is 9.85. The molecule has 0 radical (unpaired) electrons. The van der Waals surface area contributed by atoms with Crippen molar-refractivity contribution in [2.24, 2.45) is 0 Å². The summed E-state index contributed by atoms with van der Waals surface area (Å²) in [5.74, 6) is 0.871. The third-order valence-electron chi connectivity index (χ3n) is 3.22. The summed E-state index contributed by atoms with van der Waals surface area (Å²) < 4.78 is 32.8. The molecule has 21 heavy (non-hydrogen) atoms. The van der Waals surface area contributed by atoms with Crippen LogP contribution in [-0.2, 0) is 10.0 Å². The molecule has 2 aromatic rings. The van der Waals surface area contributed by atoms with Crippen molar-refractivity contribution < 1.29 is 13.2 Å². The second-order valence-electron chi connectivity index (χ2n) is 4.86. The topological polar surface area (TPSA) is 68.3 Å². The van der Waals surface area contributed by atoms with E-state index in [1.165, 1.54) is 13.2 Å². The Balaban J connectivity index is 2.47. The molecule has 0 aliphatic heterocycles. The summed E-state index contributed by atoms with van der Waals surface area (Å²) in [5.41, 5.74) is 2.31. The summed E-state index contributed by atoms with van der Waals surface area (Å²) >= 11 is 0. The van der Waals surface area contributed by atoms with Gasteiger partial charge in [-0.2, -0.15) is 0 Å². The van der Waals surface area contributed by atoms with Crippen molar-refractivity contribution in [3.8, 4) is 5.75 Å². The average molecular weight is 306 g/mol. The first kappa shape index (κ1) is 15.3. The van der Waals surface area contributed by atoms with Crippen molar-refractivity contribution in [2.75, 3.05) is 11.8 Å². The number of hydrogen-bond donors (Lipinski definition) is 1. The SMILES string of the molecule is COc1cc(S(=O)(=O)Nc2ncccc2C)c(C)cc1C. The van der Waals surface area contributed by atoms with Crippen LogP contribution >= 0.6 is 0 Å². The van der Waals surface area contributed by atoms with Gasteiger partial charge in [0.1, 0.15) is 11.6 Å². The molecule has 0 spiro atoms. The Kier molecular flexibility index (Phi) is 4.18. The lowest BCUT2D eigenvalue weighted by atomic mass is 10.1. The molecule has 1 heterocycles. The van der Waals surface area contributed by atoms with Crippen molar-refractivity contribution in [1.29, 1.82) is 0 Å². The monoisotopic (exact) mass is 306 g/mol. The Hall–Kier alpha value is -2.08. The van der Waals surface area contributed by atoms with Crippen molar-refractivity contribution in [3.05, 3.63) is 47.2 Å². The number of rotatable bonds is 4. The number of pyridine rings is 1. The third kappa shape index (κ3) is 3.16. The lowest BCUT2D eigenvalue weighted by Gasteiger charge is -2.14. The molecule has 0 saturated carbocycles. The molecule has 0 aliphatic rings. The van der Waals surface area contributed by atoms with Crippen LogP contribution in [0.15, 0.2) is 35.4 Å². The molecule has 112 valence electrons. The molecule has 5 nitrogen and oxygen atoms in total. The molecule has 0 fully saturated rings. The summed E-state index contributed by atoms with van der Waals surface area (Å²) in [6.07, 6.45) is 1.55. The van der Waals surface area contributed by atoms with Crippen LogP contribution in [0.3, 0.4) is 0 Å². The van der Waals surface area contributed by atoms with Crippen LogP contribution in [0, 0.1) is 20.8 Å². The predicted molar refractivity (Wildman–Crippen MR) is 82.3 cm³/mol. The Bertz CT molecular complexity index is 770. The largest absolute Gasteiger partial charge is 0.496 e. The first-order valence-electron chi connectivity index (χ1n) is 6.45. The number of methoxy groups -OCH3 is 1. The van der Waals surface area contributed by atoms with Gasteiger partial charge in [-0.25, -0.2) is 13.4 Å². The van der Waals surface area contributed by atoms with Gasteiger partial charge in [0.15, 0.2) is 0 Å². The van der Waals surface area contributed by atoms with Gasteiger partial charge < -0.3 is 4.74 Å². The van der Waals surface area contributed by atoms with Gasteiger partial charge in [-0.15, -0.1) is 0 Å². The molecule has 0 amide bonds. The number of aromatic nitrogens is 1. The maximum absolute atomic E-state index is 12.5. The Morgan fingerprint density at radius 1 is 1.10 bits per heavy atom. The van der Waals surface area contributed by atoms with Gasteiger partial charge in [0, 0.05) is 12.3 Å². The lowest BCUT2D eigenvalue weighted by molar-refractivity contribution is 0.410. The molecule has 0 aliphatic carbocycles. The van der Waals surface area contributed by atoms with E-state index in [9.17, 15) is 8.42 Å². The Morgan fingerprint density at radius 2 is 1.81 bits per heavy atom. The minimum Gasteiger partial charge on any atom is -0.496 e. The second-order valence-corrected chi connectivity index (χ2v) is 6.51. The average Bonchev–Trinajstić information content (AvgIpc) is 2.41. The van der Waals surface area contributed by atoms with Crippen molar-refractivity contribution >= 4 is 15.8 Å². The fourth-order valence-electron chi connectivity index (χ4n) is 2.10. The van der Waals surface area contributed by atoms with Crippen LogP contribution in [0.2, 0.25) is 0 Å². The van der Waals surface area contributed by atoms with Crippen molar-refractivity contribution in [3.63, 3.8) is 0 Å². The van der Waals surface area contributed by atoms with Crippen LogP contribution in [-0.4, -0.2) is 20.5 Å². The Labute approximate surface area is 125 Å². The number of anilines is 1. The maximum atomic E-state index is 12.5. The molecule has 0 saturated heterocycles. The second kappa shape index (κ2) is 5.73. The zero-order valence-corrected chi connectivity index (χ0v) is 13.3. The van der Waals surface area contributed by atoms with Crippen molar-refractivity contribution in [1.82, 2.24) is 4.98 Å². The molecular formula is C15H18N2O3S. The van der Waals surface area contributed by atoms with E-state index in [0.29, 0.717) is 17.1 Å². The highest BCUT2D eigenvalue weighted by Crippen LogP contribution is 2.27. The first-order valence-corrected chi connectivity index (χ1v) is 7.93. The minimum atomic E-state index is -3.71. The van der Waals surface area contributed by atoms with Crippen molar-refractivity contribution in [2.45, 2.75) is 25.7 Å². The van der Waals surface area contributed by atoms with Crippen LogP contribution in [0.1, 0.15) is 16.7 Å². The van der Waals surface area contributed by atoms with E-state index in [1.54, 1.807) is 38.2 Å². The van der Waals surface area contributed by atoms with Crippen LogP contribution in [0.5, 0.6) is 5.75 Å². The number of ether oxygens (including phenoxy) is 1. The van der Waals surface area contributed by atoms with E-state index in [0.717, 1.165) is 11.1 Å². The summed E-state index contributed by atoms with van der Waals surface area (Å²) in [6, 6.07) is 6.88. The van der Waals surface area contributed by atoms with Crippen LogP contribution in [0.4, 0.5) is 5.82 Å². The van der Waals surface area contributed by atoms with E-state index >= 15 is 0 Å². The molecule has 2 rings (SSSR count). The van der Waals surface area contributed by atoms with Gasteiger partial charge in [0.05, 0.1) is 12.0 Å². The summed E-state index contributed by atoms with van der Waals surface area (Å²) in [5, 5.41) is 0. The third-order valence-corrected chi connectivity index (χ3v) is 4.70. The Morgan fingerprint density at radius 3 is 2.43 bits per heavy atom. The number of sulfonamides is 1. The lowest BCUT2D eigenvalue weighted by Crippen LogP contribution is -2.16. The summed E-state index contributed by atoms with van der Waals surface area (Å²) in [7, 11) is -2.19. The zero-order chi connectivity index (χ0) is 15.6. The summed E-state index contributed by atoms with van der Waals surface area (Å²) in [6.45, 7) is 5.43. The fraction of sp³-hybridized carbons (Fsp3) is 0.267. The number of nitrogens with one attached hydrogen (secondary N) is 1. The molecule has 1 N–H and O–H groups in total. The van der Waals surface area contributed by atoms with E-state index < -0.39 is 10.0 Å². The molecule has 1 aromatic carbocycles. The molecule has 0 unspecified atom stereocenters. The number of benzene rings is 1. The maximum Gasteiger partial charge on any atom is 0.263 e. The molecule has 0 bridgehead atoms. The van der Waals surface area contributed by atoms with Gasteiger partial charge in [-0.05, 0) is 43.5 Å². The molecule has 0 atom stereocenters. The number of aryl methyl sites for hydroxylation is 3. The molecular weight excluding hydrogens is 288 g/mol. The molecule has 6 heteroatoms. The van der Waals surface area contributed by atoms with E-state index in [1.807, 2.05) is 6.92 Å². The van der Waals surface area contributed by atoms with E-state index in [2.05, 4.69) is 9.71 Å². The normalized spacial score (nSPS) is 11.2. The number of hydrogen-bond acceptors (Lipinski definition) is 4. The molecule has 1 aromatic heterocycles. The highest BCUT2D eigenvalue weighted by molar-refractivity contribution is 7.92. The zero-order valence-electron chi connectivity index (χ0n) is 12.5. The fourth-order valence-corrected chi connectivity index (χ4v) is 3.42. The predicted octanol–water partition coefficient (Wildman–Crippen LogP) is 2.82. The summed E-state index contributed by atoms with van der Waals surface area (Å²) in [4.78, 5) is 4.25. The highest BCUT2D eigenvalue weighted by Gasteiger charge is 2.20. The number of nitrogens with zero attached hydrogens (tertiary/aromatic N) is 1. The van der Waals surface area contributed by atoms with Gasteiger partial charge >= 0.3 is 0 Å². The standard InChI is InChI=1S/C15H18N2O3S/c1-10-6-5-7-16-15(10)17-21(18,19)14-9-13(20-4)11(2)8-12(14)3/h5-9H,1-4H3,(H,16,17). The van der Waals surface area contributed by atoms with Gasteiger partial charge in [-0.1, -0.05) is 12.1 Å². The van der Waals surface area contributed by atoms with Gasteiger partial charge in [-0.3, -0.25) is 4.72 Å². The quantitative estimate of drug-likeness (QED) is 0.943. The van der Waals surface area contributed by atoms with Crippen LogP contribution < -0.4 is 9.46 Å². The van der Waals surface area contributed by atoms with Crippen LogP contribution in [0.25, 0.3) is 0 Å². The minimum absolute atomic E-state index is 0.190. The van der Waals surface area contributed by atoms with E-state index in [4.69, 9.17) is 4.74 Å². The van der Waals surface area contributed by atoms with Gasteiger partial charge in [0.2, 0.25) is 0 Å². The highest BCUT2D eigenvalue weighted by atomic mass is 32.2.